The zero-order valence-electron chi connectivity index (χ0n) is 28.5. The zero-order chi connectivity index (χ0) is 34.2. The van der Waals surface area contributed by atoms with Crippen LogP contribution in [0.3, 0.4) is 0 Å². The van der Waals surface area contributed by atoms with Crippen LogP contribution in [-0.2, 0) is 45.1 Å². The Balaban J connectivity index is 1.58. The number of alkyl halides is 1. The van der Waals surface area contributed by atoms with Gasteiger partial charge in [-0.15, -0.1) is 0 Å². The van der Waals surface area contributed by atoms with Crippen molar-refractivity contribution in [2.24, 2.45) is 11.1 Å². The molecule has 0 radical (unpaired) electrons. The lowest BCUT2D eigenvalue weighted by molar-refractivity contribution is -0.154. The molecule has 4 heterocycles. The lowest BCUT2D eigenvalue weighted by atomic mass is 9.84. The Labute approximate surface area is 281 Å². The van der Waals surface area contributed by atoms with Gasteiger partial charge in [-0.3, -0.25) is 19.6 Å². The number of nitrogens with two attached hydrogens (primary N) is 1. The average Bonchev–Trinajstić information content (AvgIpc) is 3.40. The Morgan fingerprint density at radius 3 is 2.73 bits per heavy atom. The van der Waals surface area contributed by atoms with Gasteiger partial charge in [0, 0.05) is 48.3 Å². The number of halogens is 1. The first-order chi connectivity index (χ1) is 23.0. The number of hydrazine groups is 1. The van der Waals surface area contributed by atoms with Gasteiger partial charge >= 0.3 is 5.97 Å². The fourth-order valence-corrected chi connectivity index (χ4v) is 7.15. The second-order valence-electron chi connectivity index (χ2n) is 13.9. The minimum absolute atomic E-state index is 0.186. The fraction of sp³-hybridized carbons (Fsp3) is 0.447. The van der Waals surface area contributed by atoms with E-state index < -0.39 is 30.1 Å². The molecule has 1 amide bonds. The maximum Gasteiger partial charge on any atom is 0.324 e. The molecule has 2 aromatic carbocycles. The van der Waals surface area contributed by atoms with E-state index in [1.54, 1.807) is 19.4 Å². The monoisotopic (exact) mass is 655 g/mol. The molecule has 6 bridgehead atoms. The Kier molecular flexibility index (Phi) is 9.69. The molecule has 1 saturated heterocycles. The van der Waals surface area contributed by atoms with Gasteiger partial charge in [-0.2, -0.15) is 0 Å². The number of ether oxygens (including phenoxy) is 2. The summed E-state index contributed by atoms with van der Waals surface area (Å²) in [6, 6.07) is 14.5. The molecule has 0 unspecified atom stereocenters. The smallest absolute Gasteiger partial charge is 0.324 e. The van der Waals surface area contributed by atoms with Crippen LogP contribution in [0.5, 0.6) is 0 Å². The van der Waals surface area contributed by atoms with Gasteiger partial charge in [0.25, 0.3) is 5.91 Å². The molecule has 254 valence electrons. The highest BCUT2D eigenvalue weighted by molar-refractivity contribution is 5.95. The maximum absolute atomic E-state index is 14.3. The van der Waals surface area contributed by atoms with E-state index in [0.717, 1.165) is 50.1 Å². The third-order valence-electron chi connectivity index (χ3n) is 9.63. The van der Waals surface area contributed by atoms with Crippen LogP contribution in [-0.4, -0.2) is 58.8 Å². The number of carbonyl (C=O) groups excluding carboxylic acids is 2. The van der Waals surface area contributed by atoms with Crippen LogP contribution in [0.15, 0.2) is 54.7 Å². The minimum Gasteiger partial charge on any atom is -0.464 e. The molecule has 6 rings (SSSR count). The van der Waals surface area contributed by atoms with Crippen LogP contribution in [0.1, 0.15) is 69.0 Å². The number of fused-ring (bicyclic) bond motifs is 6. The number of nitrogens with zero attached hydrogens (tertiary/aromatic N) is 3. The van der Waals surface area contributed by atoms with Gasteiger partial charge in [0.05, 0.1) is 30.1 Å². The van der Waals surface area contributed by atoms with E-state index in [0.29, 0.717) is 37.9 Å². The van der Waals surface area contributed by atoms with Gasteiger partial charge in [0.15, 0.2) is 0 Å². The minimum atomic E-state index is -0.869. The van der Waals surface area contributed by atoms with Crippen molar-refractivity contribution < 1.29 is 23.5 Å². The number of aryl methyl sites for hydroxylation is 1. The van der Waals surface area contributed by atoms with E-state index in [1.807, 2.05) is 25.1 Å². The number of cyclic esters (lactones) is 1. The molecular weight excluding hydrogens is 609 g/mol. The van der Waals surface area contributed by atoms with Crippen LogP contribution in [0.4, 0.5) is 4.39 Å². The van der Waals surface area contributed by atoms with Crippen molar-refractivity contribution in [1.29, 1.82) is 0 Å². The number of methoxy groups -OCH3 is 1. The number of aromatic nitrogens is 2. The van der Waals surface area contributed by atoms with Gasteiger partial charge in [0.2, 0.25) is 0 Å². The number of nitrogens with one attached hydrogen (secondary N) is 1. The lowest BCUT2D eigenvalue weighted by Gasteiger charge is -2.35. The van der Waals surface area contributed by atoms with Gasteiger partial charge in [-0.1, -0.05) is 32.0 Å². The maximum atomic E-state index is 14.3. The summed E-state index contributed by atoms with van der Waals surface area (Å²) in [7, 11) is 1.69. The van der Waals surface area contributed by atoms with Crippen molar-refractivity contribution in [3.63, 3.8) is 0 Å². The Bertz CT molecular complexity index is 1840. The van der Waals surface area contributed by atoms with Gasteiger partial charge < -0.3 is 19.8 Å². The number of benzene rings is 2. The summed E-state index contributed by atoms with van der Waals surface area (Å²) in [5, 5.41) is 2.51. The highest BCUT2D eigenvalue weighted by atomic mass is 19.1. The first kappa shape index (κ1) is 33.8. The summed E-state index contributed by atoms with van der Waals surface area (Å²) in [5.74, 6) is -0.698. The lowest BCUT2D eigenvalue weighted by Crippen LogP contribution is -2.59. The molecule has 1 fully saturated rings. The van der Waals surface area contributed by atoms with E-state index in [9.17, 15) is 14.0 Å². The summed E-state index contributed by atoms with van der Waals surface area (Å²) >= 11 is 0. The molecule has 9 nitrogen and oxygen atoms in total. The summed E-state index contributed by atoms with van der Waals surface area (Å²) in [6.45, 7) is 9.03. The van der Waals surface area contributed by atoms with Crippen molar-refractivity contribution in [2.45, 2.75) is 84.8 Å². The summed E-state index contributed by atoms with van der Waals surface area (Å²) in [4.78, 5) is 31.6. The van der Waals surface area contributed by atoms with E-state index in [-0.39, 0.29) is 25.0 Å². The van der Waals surface area contributed by atoms with Crippen LogP contribution >= 0.6 is 0 Å². The van der Waals surface area contributed by atoms with Crippen molar-refractivity contribution in [1.82, 2.24) is 20.0 Å². The first-order valence-corrected chi connectivity index (χ1v) is 16.9. The zero-order valence-corrected chi connectivity index (χ0v) is 28.5. The Morgan fingerprint density at radius 1 is 1.17 bits per heavy atom. The fourth-order valence-electron chi connectivity index (χ4n) is 7.15. The molecule has 4 aromatic rings. The number of hydrogen-bond acceptors (Lipinski definition) is 7. The molecule has 2 aromatic heterocycles. The van der Waals surface area contributed by atoms with Gasteiger partial charge in [-0.05, 0) is 97.7 Å². The summed E-state index contributed by atoms with van der Waals surface area (Å²) in [5.41, 5.74) is 17.2. The number of carbonyl (C=O) groups is 2. The number of amides is 1. The van der Waals surface area contributed by atoms with Crippen LogP contribution < -0.4 is 11.2 Å². The number of pyridine rings is 1. The molecule has 10 heteroatoms. The molecule has 3 atom stereocenters. The number of rotatable bonds is 5. The molecule has 0 saturated carbocycles. The normalized spacial score (nSPS) is 20.8. The van der Waals surface area contributed by atoms with Crippen molar-refractivity contribution >= 4 is 22.8 Å². The third-order valence-corrected chi connectivity index (χ3v) is 9.63. The largest absolute Gasteiger partial charge is 0.464 e. The second-order valence-corrected chi connectivity index (χ2v) is 13.9. The van der Waals surface area contributed by atoms with Gasteiger partial charge in [-0.25, -0.2) is 9.82 Å². The third kappa shape index (κ3) is 6.61. The van der Waals surface area contributed by atoms with Crippen molar-refractivity contribution in [3.8, 4) is 22.4 Å². The van der Waals surface area contributed by atoms with Gasteiger partial charge in [0.1, 0.15) is 12.7 Å². The van der Waals surface area contributed by atoms with Crippen molar-refractivity contribution in [2.75, 3.05) is 20.3 Å². The van der Waals surface area contributed by atoms with Crippen LogP contribution in [0.25, 0.3) is 33.3 Å². The SMILES string of the molecule is CCn1c(-c2cccnc2[C@H](C)OC)c2c3cc(ccc31)-c1cc(CF)cc(c1)C[C@H](N)C(=O)N1CCC[C@H](N1)C(=O)OCC(C)(C)C2. The molecule has 2 aliphatic rings. The predicted octanol–water partition coefficient (Wildman–Crippen LogP) is 6.06. The first-order valence-electron chi connectivity index (χ1n) is 16.9. The molecule has 0 aliphatic carbocycles. The molecule has 3 N–H and O–H groups in total. The number of hydrogen-bond donors (Lipinski definition) is 2. The topological polar surface area (TPSA) is 112 Å². The second kappa shape index (κ2) is 13.8. The molecular formula is C38H46FN5O4. The quantitative estimate of drug-likeness (QED) is 0.252. The highest BCUT2D eigenvalue weighted by Gasteiger charge is 2.34. The summed E-state index contributed by atoms with van der Waals surface area (Å²) < 4.78 is 28.3. The van der Waals surface area contributed by atoms with E-state index in [4.69, 9.17) is 20.2 Å². The molecule has 2 aliphatic heterocycles. The standard InChI is InChI=1S/C38H46FN5O4/c1-6-43-33-12-11-26-19-29(33)30(35(43)28-9-7-13-41-34(28)23(2)47-5)20-38(3,4)22-48-37(46)32-10-8-14-44(42-32)36(45)31(40)18-24-15-25(21-39)17-27(26)16-24/h7,9,11-13,15-17,19,23,31-32,42H,6,8,10,14,18,20-22,40H2,1-5H3/t23-,31-,32-/m0/s1. The summed E-state index contributed by atoms with van der Waals surface area (Å²) in [6.07, 6.45) is 3.59. The van der Waals surface area contributed by atoms with E-state index in [1.165, 1.54) is 5.01 Å². The Morgan fingerprint density at radius 2 is 1.98 bits per heavy atom. The molecule has 0 spiro atoms. The van der Waals surface area contributed by atoms with E-state index >= 15 is 0 Å². The van der Waals surface area contributed by atoms with Crippen LogP contribution in [0.2, 0.25) is 0 Å². The number of esters is 1. The average molecular weight is 656 g/mol. The van der Waals surface area contributed by atoms with Crippen LogP contribution in [0, 0.1) is 5.41 Å². The van der Waals surface area contributed by atoms with Crippen molar-refractivity contribution in [3.05, 3.63) is 77.1 Å². The van der Waals surface area contributed by atoms with E-state index in [2.05, 4.69) is 55.0 Å². The highest BCUT2D eigenvalue weighted by Crippen LogP contribution is 2.42. The Hall–Kier alpha value is -4.12. The molecule has 48 heavy (non-hydrogen) atoms. The predicted molar refractivity (Wildman–Crippen MR) is 185 cm³/mol.